The fraction of sp³-hybridized carbons (Fsp3) is 0.833. The molecule has 0 aromatic heterocycles. The summed E-state index contributed by atoms with van der Waals surface area (Å²) in [5, 5.41) is 16.1. The molecule has 0 radical (unpaired) electrons. The van der Waals surface area contributed by atoms with E-state index in [0.717, 1.165) is 38.6 Å². The molecular formula is C12H23N3. The van der Waals surface area contributed by atoms with Crippen molar-refractivity contribution < 1.29 is 0 Å². The van der Waals surface area contributed by atoms with Crippen LogP contribution in [0.25, 0.3) is 0 Å². The van der Waals surface area contributed by atoms with E-state index >= 15 is 0 Å². The van der Waals surface area contributed by atoms with E-state index in [0.29, 0.717) is 6.42 Å². The van der Waals surface area contributed by atoms with Crippen LogP contribution in [0, 0.1) is 22.7 Å². The molecule has 0 aromatic carbocycles. The van der Waals surface area contributed by atoms with Gasteiger partial charge in [-0.25, -0.2) is 0 Å². The Morgan fingerprint density at radius 2 is 1.40 bits per heavy atom. The average Bonchev–Trinajstić information content (AvgIpc) is 2.26. The molecule has 0 aliphatic carbocycles. The van der Waals surface area contributed by atoms with Gasteiger partial charge in [-0.05, 0) is 25.8 Å². The van der Waals surface area contributed by atoms with Crippen LogP contribution in [0.15, 0.2) is 0 Å². The SMILES string of the molecule is CCCCCC#N.N#CCCCCCN. The number of unbranched alkanes of at least 4 members (excludes halogenated alkanes) is 6. The highest BCUT2D eigenvalue weighted by atomic mass is 14.5. The van der Waals surface area contributed by atoms with Gasteiger partial charge < -0.3 is 5.73 Å². The summed E-state index contributed by atoms with van der Waals surface area (Å²) in [5.41, 5.74) is 5.23. The van der Waals surface area contributed by atoms with Crippen molar-refractivity contribution in [2.75, 3.05) is 6.54 Å². The molecule has 3 nitrogen and oxygen atoms in total. The fourth-order valence-electron chi connectivity index (χ4n) is 0.979. The van der Waals surface area contributed by atoms with Gasteiger partial charge in [-0.15, -0.1) is 0 Å². The topological polar surface area (TPSA) is 73.6 Å². The number of rotatable bonds is 7. The van der Waals surface area contributed by atoms with Gasteiger partial charge in [-0.1, -0.05) is 26.2 Å². The van der Waals surface area contributed by atoms with Gasteiger partial charge in [-0.3, -0.25) is 0 Å². The molecule has 0 aromatic rings. The third-order valence-electron chi connectivity index (χ3n) is 1.88. The second-order valence-corrected chi connectivity index (χ2v) is 3.37. The van der Waals surface area contributed by atoms with Crippen molar-refractivity contribution >= 4 is 0 Å². The van der Waals surface area contributed by atoms with Crippen LogP contribution in [0.3, 0.4) is 0 Å². The van der Waals surface area contributed by atoms with Gasteiger partial charge in [0.05, 0.1) is 12.1 Å². The van der Waals surface area contributed by atoms with Crippen LogP contribution in [0.5, 0.6) is 0 Å². The molecule has 0 amide bonds. The second kappa shape index (κ2) is 18.7. The average molecular weight is 209 g/mol. The third kappa shape index (κ3) is 24.6. The van der Waals surface area contributed by atoms with Gasteiger partial charge in [0.25, 0.3) is 0 Å². The van der Waals surface area contributed by atoms with Gasteiger partial charge in [-0.2, -0.15) is 10.5 Å². The van der Waals surface area contributed by atoms with Gasteiger partial charge in [0.1, 0.15) is 0 Å². The van der Waals surface area contributed by atoms with E-state index in [9.17, 15) is 0 Å². The Hall–Kier alpha value is -1.06. The summed E-state index contributed by atoms with van der Waals surface area (Å²) in [7, 11) is 0. The monoisotopic (exact) mass is 209 g/mol. The first-order valence-electron chi connectivity index (χ1n) is 5.77. The maximum atomic E-state index is 8.08. The number of hydrogen-bond acceptors (Lipinski definition) is 3. The second-order valence-electron chi connectivity index (χ2n) is 3.37. The minimum atomic E-state index is 0.681. The Kier molecular flexibility index (Phi) is 20.4. The summed E-state index contributed by atoms with van der Waals surface area (Å²) in [6.07, 6.45) is 8.07. The van der Waals surface area contributed by atoms with Crippen molar-refractivity contribution in [3.05, 3.63) is 0 Å². The molecule has 86 valence electrons. The van der Waals surface area contributed by atoms with E-state index in [1.807, 2.05) is 0 Å². The highest BCUT2D eigenvalue weighted by Crippen LogP contribution is 1.96. The Balaban J connectivity index is 0. The molecule has 0 unspecified atom stereocenters. The Bertz CT molecular complexity index is 176. The van der Waals surface area contributed by atoms with Crippen LogP contribution in [0.4, 0.5) is 0 Å². The highest BCUT2D eigenvalue weighted by Gasteiger charge is 1.83. The van der Waals surface area contributed by atoms with Gasteiger partial charge in [0.2, 0.25) is 0 Å². The van der Waals surface area contributed by atoms with Crippen LogP contribution in [0.1, 0.15) is 58.3 Å². The number of nitrogens with zero attached hydrogens (tertiary/aromatic N) is 2. The van der Waals surface area contributed by atoms with Crippen molar-refractivity contribution in [1.82, 2.24) is 0 Å². The molecule has 0 aliphatic rings. The molecule has 0 atom stereocenters. The molecule has 0 saturated carbocycles. The summed E-state index contributed by atoms with van der Waals surface area (Å²) in [6.45, 7) is 2.89. The van der Waals surface area contributed by atoms with Crippen molar-refractivity contribution in [1.29, 1.82) is 10.5 Å². The van der Waals surface area contributed by atoms with Crippen LogP contribution in [-0.2, 0) is 0 Å². The third-order valence-corrected chi connectivity index (χ3v) is 1.88. The molecule has 15 heavy (non-hydrogen) atoms. The number of hydrogen-bond donors (Lipinski definition) is 1. The van der Waals surface area contributed by atoms with Gasteiger partial charge in [0, 0.05) is 12.8 Å². The first kappa shape index (κ1) is 16.4. The van der Waals surface area contributed by atoms with Crippen LogP contribution >= 0.6 is 0 Å². The molecule has 0 aliphatic heterocycles. The molecule has 0 heterocycles. The maximum Gasteiger partial charge on any atom is 0.0621 e. The van der Waals surface area contributed by atoms with Crippen LogP contribution in [-0.4, -0.2) is 6.54 Å². The Morgan fingerprint density at radius 3 is 1.80 bits per heavy atom. The van der Waals surface area contributed by atoms with E-state index in [2.05, 4.69) is 19.1 Å². The predicted octanol–water partition coefficient (Wildman–Crippen LogP) is 3.12. The minimum absolute atomic E-state index is 0.681. The lowest BCUT2D eigenvalue weighted by molar-refractivity contribution is 0.699. The van der Waals surface area contributed by atoms with Crippen LogP contribution < -0.4 is 5.73 Å². The van der Waals surface area contributed by atoms with E-state index in [1.54, 1.807) is 0 Å². The predicted molar refractivity (Wildman–Crippen MR) is 62.9 cm³/mol. The zero-order chi connectivity index (χ0) is 11.8. The lowest BCUT2D eigenvalue weighted by Crippen LogP contribution is -1.97. The largest absolute Gasteiger partial charge is 0.330 e. The van der Waals surface area contributed by atoms with E-state index in [-0.39, 0.29) is 0 Å². The normalized spacial score (nSPS) is 8.27. The first-order chi connectivity index (χ1) is 7.33. The van der Waals surface area contributed by atoms with E-state index in [1.165, 1.54) is 12.8 Å². The van der Waals surface area contributed by atoms with Gasteiger partial charge >= 0.3 is 0 Å². The smallest absolute Gasteiger partial charge is 0.0621 e. The van der Waals surface area contributed by atoms with Crippen molar-refractivity contribution in [3.8, 4) is 12.1 Å². The quantitative estimate of drug-likeness (QED) is 0.655. The molecule has 0 fully saturated rings. The van der Waals surface area contributed by atoms with Crippen molar-refractivity contribution in [3.63, 3.8) is 0 Å². The summed E-state index contributed by atoms with van der Waals surface area (Å²) in [5.74, 6) is 0. The lowest BCUT2D eigenvalue weighted by atomic mass is 10.2. The summed E-state index contributed by atoms with van der Waals surface area (Å²) < 4.78 is 0. The zero-order valence-corrected chi connectivity index (χ0v) is 9.84. The van der Waals surface area contributed by atoms with Crippen molar-refractivity contribution in [2.45, 2.75) is 58.3 Å². The van der Waals surface area contributed by atoms with E-state index in [4.69, 9.17) is 16.3 Å². The number of nitrogens with two attached hydrogens (primary N) is 1. The molecular weight excluding hydrogens is 186 g/mol. The van der Waals surface area contributed by atoms with Gasteiger partial charge in [0.15, 0.2) is 0 Å². The summed E-state index contributed by atoms with van der Waals surface area (Å²) in [4.78, 5) is 0. The lowest BCUT2D eigenvalue weighted by Gasteiger charge is -1.89. The summed E-state index contributed by atoms with van der Waals surface area (Å²) in [6, 6.07) is 4.19. The molecule has 0 saturated heterocycles. The molecule has 0 rings (SSSR count). The Labute approximate surface area is 93.9 Å². The maximum absolute atomic E-state index is 8.08. The first-order valence-corrected chi connectivity index (χ1v) is 5.77. The summed E-state index contributed by atoms with van der Waals surface area (Å²) >= 11 is 0. The zero-order valence-electron chi connectivity index (χ0n) is 9.84. The van der Waals surface area contributed by atoms with Crippen molar-refractivity contribution in [2.24, 2.45) is 5.73 Å². The molecule has 0 spiro atoms. The molecule has 3 heteroatoms. The minimum Gasteiger partial charge on any atom is -0.330 e. The van der Waals surface area contributed by atoms with Crippen LogP contribution in [0.2, 0.25) is 0 Å². The van der Waals surface area contributed by atoms with E-state index < -0.39 is 0 Å². The molecule has 2 N–H and O–H groups in total. The standard InChI is InChI=1S/C6H12N2.C6H11N/c7-5-3-1-2-4-6-8;1-2-3-4-5-6-7/h1-5,7H2;2-5H2,1H3. The fourth-order valence-corrected chi connectivity index (χ4v) is 0.979. The number of nitriles is 2. The Morgan fingerprint density at radius 1 is 0.867 bits per heavy atom. The highest BCUT2D eigenvalue weighted by molar-refractivity contribution is 4.67. The molecule has 0 bridgehead atoms.